The van der Waals surface area contributed by atoms with Crippen LogP contribution in [0.25, 0.3) is 34.0 Å². The number of carbonyl (C=O) groups is 1. The highest BCUT2D eigenvalue weighted by Gasteiger charge is 2.12. The van der Waals surface area contributed by atoms with Gasteiger partial charge in [-0.3, -0.25) is 0 Å². The molecule has 0 aliphatic rings. The predicted octanol–water partition coefficient (Wildman–Crippen LogP) is 4.89. The third-order valence-corrected chi connectivity index (χ3v) is 4.43. The number of H-pyrrole nitrogens is 1. The number of imidazole rings is 1. The molecule has 0 bridgehead atoms. The molecule has 2 aromatic heterocycles. The molecule has 0 saturated carbocycles. The molecule has 0 saturated heterocycles. The van der Waals surface area contributed by atoms with Gasteiger partial charge in [0, 0.05) is 11.6 Å². The first kappa shape index (κ1) is 17.3. The van der Waals surface area contributed by atoms with Crippen molar-refractivity contribution in [1.29, 1.82) is 5.26 Å². The Morgan fingerprint density at radius 3 is 2.79 bits per heavy atom. The molecule has 4 aromatic rings. The van der Waals surface area contributed by atoms with Crippen LogP contribution in [0.5, 0.6) is 0 Å². The number of benzene rings is 2. The number of para-hydroxylation sites is 2. The van der Waals surface area contributed by atoms with Crippen LogP contribution >= 0.6 is 0 Å². The maximum atomic E-state index is 11.3. The van der Waals surface area contributed by atoms with Crippen molar-refractivity contribution >= 4 is 28.7 Å². The van der Waals surface area contributed by atoms with E-state index in [1.54, 1.807) is 43.3 Å². The zero-order valence-corrected chi connectivity index (χ0v) is 14.9. The maximum absolute atomic E-state index is 11.3. The normalized spacial score (nSPS) is 11.5. The van der Waals surface area contributed by atoms with Crippen LogP contribution in [0.1, 0.15) is 27.5 Å². The van der Waals surface area contributed by atoms with E-state index in [-0.39, 0.29) is 5.56 Å². The van der Waals surface area contributed by atoms with Crippen molar-refractivity contribution in [2.45, 2.75) is 6.92 Å². The van der Waals surface area contributed by atoms with Crippen LogP contribution in [0, 0.1) is 18.3 Å². The van der Waals surface area contributed by atoms with Crippen LogP contribution in [0.2, 0.25) is 0 Å². The van der Waals surface area contributed by atoms with Gasteiger partial charge in [0.25, 0.3) is 0 Å². The van der Waals surface area contributed by atoms with E-state index in [0.717, 1.165) is 11.0 Å². The summed E-state index contributed by atoms with van der Waals surface area (Å²) >= 11 is 0. The number of aryl methyl sites for hydroxylation is 1. The molecular weight excluding hydrogens is 354 g/mol. The van der Waals surface area contributed by atoms with Gasteiger partial charge in [0.2, 0.25) is 0 Å². The Balaban J connectivity index is 1.69. The molecule has 0 atom stereocenters. The lowest BCUT2D eigenvalue weighted by atomic mass is 10.0. The predicted molar refractivity (Wildman–Crippen MR) is 105 cm³/mol. The summed E-state index contributed by atoms with van der Waals surface area (Å²) in [6.07, 6.45) is 1.60. The summed E-state index contributed by atoms with van der Waals surface area (Å²) in [5.74, 6) is 0.480. The van der Waals surface area contributed by atoms with Crippen molar-refractivity contribution in [1.82, 2.24) is 9.97 Å². The zero-order valence-electron chi connectivity index (χ0n) is 14.9. The Hall–Kier alpha value is -4.11. The van der Waals surface area contributed by atoms with Gasteiger partial charge in [0.15, 0.2) is 0 Å². The van der Waals surface area contributed by atoms with Gasteiger partial charge < -0.3 is 14.5 Å². The number of carboxylic acids is 1. The Bertz CT molecular complexity index is 1240. The fourth-order valence-corrected chi connectivity index (χ4v) is 2.97. The molecule has 0 spiro atoms. The Morgan fingerprint density at radius 2 is 2.04 bits per heavy atom. The van der Waals surface area contributed by atoms with Crippen molar-refractivity contribution in [3.63, 3.8) is 0 Å². The number of nitrogens with one attached hydrogen (secondary N) is 1. The highest BCUT2D eigenvalue weighted by molar-refractivity contribution is 5.91. The number of fused-ring (bicyclic) bond motifs is 1. The Morgan fingerprint density at radius 1 is 1.21 bits per heavy atom. The summed E-state index contributed by atoms with van der Waals surface area (Å²) in [5, 5.41) is 18.8. The number of hydrogen-bond donors (Lipinski definition) is 2. The van der Waals surface area contributed by atoms with Crippen LogP contribution < -0.4 is 0 Å². The van der Waals surface area contributed by atoms with E-state index in [4.69, 9.17) is 4.42 Å². The minimum absolute atomic E-state index is 0.228. The Labute approximate surface area is 160 Å². The van der Waals surface area contributed by atoms with Crippen molar-refractivity contribution in [2.75, 3.05) is 0 Å². The molecule has 0 radical (unpaired) electrons. The molecule has 0 aliphatic carbocycles. The number of allylic oxidation sites excluding steroid dienone is 1. The molecule has 0 aliphatic heterocycles. The monoisotopic (exact) mass is 369 g/mol. The summed E-state index contributed by atoms with van der Waals surface area (Å²) < 4.78 is 5.81. The van der Waals surface area contributed by atoms with E-state index in [1.165, 1.54) is 0 Å². The number of rotatable bonds is 4. The lowest BCUT2D eigenvalue weighted by Crippen LogP contribution is -1.99. The average molecular weight is 369 g/mol. The second-order valence-corrected chi connectivity index (χ2v) is 6.31. The molecule has 2 aromatic carbocycles. The van der Waals surface area contributed by atoms with Gasteiger partial charge in [0.1, 0.15) is 23.4 Å². The number of hydrogen-bond acceptors (Lipinski definition) is 4. The van der Waals surface area contributed by atoms with Crippen molar-refractivity contribution < 1.29 is 14.3 Å². The summed E-state index contributed by atoms with van der Waals surface area (Å²) in [6.45, 7) is 1.75. The van der Waals surface area contributed by atoms with E-state index in [2.05, 4.69) is 16.0 Å². The lowest BCUT2D eigenvalue weighted by molar-refractivity contribution is 0.0696. The van der Waals surface area contributed by atoms with Crippen molar-refractivity contribution in [3.8, 4) is 17.4 Å². The summed E-state index contributed by atoms with van der Waals surface area (Å²) in [5.41, 5.74) is 3.53. The minimum atomic E-state index is -0.984. The quantitative estimate of drug-likeness (QED) is 0.498. The van der Waals surface area contributed by atoms with Crippen LogP contribution in [0.15, 0.2) is 59.0 Å². The maximum Gasteiger partial charge on any atom is 0.335 e. The van der Waals surface area contributed by atoms with E-state index in [1.807, 2.05) is 24.3 Å². The summed E-state index contributed by atoms with van der Waals surface area (Å²) in [7, 11) is 0. The number of furan rings is 1. The molecule has 0 unspecified atom stereocenters. The number of carboxylic acid groups (broad SMARTS) is 1. The second kappa shape index (κ2) is 6.89. The number of nitriles is 1. The smallest absolute Gasteiger partial charge is 0.335 e. The number of aromatic carboxylic acids is 1. The molecule has 6 heteroatoms. The molecule has 2 heterocycles. The van der Waals surface area contributed by atoms with Gasteiger partial charge >= 0.3 is 5.97 Å². The number of aromatic amines is 1. The molecule has 6 nitrogen and oxygen atoms in total. The minimum Gasteiger partial charge on any atom is -0.478 e. The Kier molecular flexibility index (Phi) is 4.26. The molecule has 28 heavy (non-hydrogen) atoms. The van der Waals surface area contributed by atoms with Gasteiger partial charge in [-0.1, -0.05) is 24.3 Å². The highest BCUT2D eigenvalue weighted by Crippen LogP contribution is 2.27. The number of aromatic nitrogens is 2. The molecular formula is C22H15N3O3. The van der Waals surface area contributed by atoms with E-state index in [0.29, 0.717) is 34.0 Å². The standard InChI is InChI=1S/C22H15N3O3/c1-13-6-7-14(11-17(13)22(26)27)20-9-8-16(28-20)10-15(12-23)21-24-18-4-2-3-5-19(18)25-21/h2-11H,1H3,(H,24,25)(H,26,27)/b15-10+. The molecule has 0 fully saturated rings. The first-order valence-corrected chi connectivity index (χ1v) is 8.56. The highest BCUT2D eigenvalue weighted by atomic mass is 16.4. The average Bonchev–Trinajstić information content (AvgIpc) is 3.33. The largest absolute Gasteiger partial charge is 0.478 e. The molecule has 4 rings (SSSR count). The van der Waals surface area contributed by atoms with Gasteiger partial charge in [-0.15, -0.1) is 0 Å². The van der Waals surface area contributed by atoms with Crippen LogP contribution in [0.4, 0.5) is 0 Å². The first-order chi connectivity index (χ1) is 13.5. The van der Waals surface area contributed by atoms with Crippen LogP contribution in [-0.2, 0) is 0 Å². The molecule has 2 N–H and O–H groups in total. The van der Waals surface area contributed by atoms with Gasteiger partial charge in [-0.25, -0.2) is 9.78 Å². The van der Waals surface area contributed by atoms with Crippen molar-refractivity contribution in [2.24, 2.45) is 0 Å². The second-order valence-electron chi connectivity index (χ2n) is 6.31. The zero-order chi connectivity index (χ0) is 19.7. The summed E-state index contributed by atoms with van der Waals surface area (Å²) in [4.78, 5) is 18.9. The third-order valence-electron chi connectivity index (χ3n) is 4.43. The SMILES string of the molecule is Cc1ccc(-c2ccc(/C=C(\C#N)c3nc4ccccc4[nH]3)o2)cc1C(=O)O. The van der Waals surface area contributed by atoms with E-state index >= 15 is 0 Å². The van der Waals surface area contributed by atoms with Gasteiger partial charge in [-0.05, 0) is 42.8 Å². The summed E-state index contributed by atoms with van der Waals surface area (Å²) in [6, 6.07) is 18.3. The number of nitrogens with zero attached hydrogens (tertiary/aromatic N) is 2. The van der Waals surface area contributed by atoms with E-state index < -0.39 is 5.97 Å². The van der Waals surface area contributed by atoms with Crippen molar-refractivity contribution in [3.05, 3.63) is 77.3 Å². The van der Waals surface area contributed by atoms with Gasteiger partial charge in [-0.2, -0.15) is 5.26 Å². The third kappa shape index (κ3) is 3.17. The molecule has 136 valence electrons. The lowest BCUT2D eigenvalue weighted by Gasteiger charge is -2.03. The van der Waals surface area contributed by atoms with E-state index in [9.17, 15) is 15.2 Å². The first-order valence-electron chi connectivity index (χ1n) is 8.56. The van der Waals surface area contributed by atoms with Crippen LogP contribution in [-0.4, -0.2) is 21.0 Å². The molecule has 0 amide bonds. The van der Waals surface area contributed by atoms with Crippen LogP contribution in [0.3, 0.4) is 0 Å². The fourth-order valence-electron chi connectivity index (χ4n) is 2.97. The topological polar surface area (TPSA) is 103 Å². The fraction of sp³-hybridized carbons (Fsp3) is 0.0455. The van der Waals surface area contributed by atoms with Gasteiger partial charge in [0.05, 0.1) is 22.2 Å².